The normalized spacial score (nSPS) is 45.3. The zero-order valence-electron chi connectivity index (χ0n) is 21.3. The number of fused-ring (bicyclic) bond motifs is 5. The van der Waals surface area contributed by atoms with Gasteiger partial charge in [-0.05, 0) is 124 Å². The van der Waals surface area contributed by atoms with E-state index in [0.29, 0.717) is 29.8 Å². The Balaban J connectivity index is 1.38. The van der Waals surface area contributed by atoms with Crippen molar-refractivity contribution in [3.8, 4) is 0 Å². The lowest BCUT2D eigenvalue weighted by molar-refractivity contribution is -0.174. The molecule has 4 rings (SSSR count). The lowest BCUT2D eigenvalue weighted by Gasteiger charge is -2.61. The predicted octanol–water partition coefficient (Wildman–Crippen LogP) is 6.35. The van der Waals surface area contributed by atoms with E-state index in [1.165, 1.54) is 44.9 Å². The molecule has 10 atom stereocenters. The zero-order chi connectivity index (χ0) is 23.1. The molecular weight excluding hydrogens is 400 g/mol. The number of carbonyl (C=O) groups is 1. The van der Waals surface area contributed by atoms with Crippen LogP contribution in [0.2, 0.25) is 0 Å². The van der Waals surface area contributed by atoms with Crippen molar-refractivity contribution in [3.05, 3.63) is 0 Å². The van der Waals surface area contributed by atoms with E-state index in [1.54, 1.807) is 6.92 Å². The molecule has 0 aromatic heterocycles. The van der Waals surface area contributed by atoms with Crippen LogP contribution in [0.15, 0.2) is 0 Å². The fraction of sp³-hybridized carbons (Fsp3) is 0.964. The van der Waals surface area contributed by atoms with Gasteiger partial charge < -0.3 is 14.6 Å². The van der Waals surface area contributed by atoms with E-state index in [1.807, 2.05) is 6.92 Å². The number of rotatable bonds is 7. The number of esters is 1. The van der Waals surface area contributed by atoms with E-state index in [2.05, 4.69) is 20.8 Å². The van der Waals surface area contributed by atoms with Crippen molar-refractivity contribution in [2.45, 2.75) is 118 Å². The molecule has 10 unspecified atom stereocenters. The molecule has 4 aliphatic rings. The molecule has 0 heterocycles. The lowest BCUT2D eigenvalue weighted by atomic mass is 9.44. The molecule has 0 aliphatic heterocycles. The standard InChI is InChI=1S/C28H48O4/c1-6-31-19(3)32-26(30)12-7-18(2)23-10-11-24-22-9-8-20-17-21(29)13-15-27(20,4)25(22)14-16-28(23,24)5/h18-25,29H,6-17H2,1-5H3. The molecule has 4 aliphatic carbocycles. The maximum absolute atomic E-state index is 12.3. The third-order valence-corrected chi connectivity index (χ3v) is 10.9. The summed E-state index contributed by atoms with van der Waals surface area (Å²) in [6, 6.07) is 0. The Labute approximate surface area is 196 Å². The van der Waals surface area contributed by atoms with Crippen LogP contribution < -0.4 is 0 Å². The van der Waals surface area contributed by atoms with Gasteiger partial charge in [0.1, 0.15) is 0 Å². The molecule has 4 heteroatoms. The fourth-order valence-corrected chi connectivity index (χ4v) is 9.27. The maximum Gasteiger partial charge on any atom is 0.308 e. The summed E-state index contributed by atoms with van der Waals surface area (Å²) < 4.78 is 10.7. The third kappa shape index (κ3) is 4.40. The Morgan fingerprint density at radius 2 is 1.72 bits per heavy atom. The molecule has 0 amide bonds. The maximum atomic E-state index is 12.3. The molecule has 1 N–H and O–H groups in total. The second kappa shape index (κ2) is 9.56. The monoisotopic (exact) mass is 448 g/mol. The minimum absolute atomic E-state index is 0.0570. The highest BCUT2D eigenvalue weighted by Crippen LogP contribution is 2.68. The third-order valence-electron chi connectivity index (χ3n) is 10.9. The molecule has 32 heavy (non-hydrogen) atoms. The average Bonchev–Trinajstić information content (AvgIpc) is 3.10. The summed E-state index contributed by atoms with van der Waals surface area (Å²) in [6.45, 7) is 11.8. The van der Waals surface area contributed by atoms with Gasteiger partial charge in [-0.3, -0.25) is 4.79 Å². The first-order chi connectivity index (χ1) is 15.2. The molecule has 0 aromatic rings. The first-order valence-corrected chi connectivity index (χ1v) is 13.7. The Morgan fingerprint density at radius 3 is 2.47 bits per heavy atom. The van der Waals surface area contributed by atoms with Crippen LogP contribution in [-0.2, 0) is 14.3 Å². The van der Waals surface area contributed by atoms with Crippen LogP contribution in [0.4, 0.5) is 0 Å². The second-order valence-electron chi connectivity index (χ2n) is 12.3. The zero-order valence-corrected chi connectivity index (χ0v) is 21.3. The topological polar surface area (TPSA) is 55.8 Å². The fourth-order valence-electron chi connectivity index (χ4n) is 9.27. The van der Waals surface area contributed by atoms with E-state index in [9.17, 15) is 9.90 Å². The number of ether oxygens (including phenoxy) is 2. The van der Waals surface area contributed by atoms with Gasteiger partial charge in [0.05, 0.1) is 6.10 Å². The predicted molar refractivity (Wildman–Crippen MR) is 127 cm³/mol. The largest absolute Gasteiger partial charge is 0.436 e. The van der Waals surface area contributed by atoms with Gasteiger partial charge >= 0.3 is 5.97 Å². The van der Waals surface area contributed by atoms with Gasteiger partial charge in [0.2, 0.25) is 0 Å². The quantitative estimate of drug-likeness (QED) is 0.364. The number of aliphatic hydroxyl groups excluding tert-OH is 1. The summed E-state index contributed by atoms with van der Waals surface area (Å²) in [5.74, 6) is 4.49. The van der Waals surface area contributed by atoms with Crippen molar-refractivity contribution in [1.82, 2.24) is 0 Å². The summed E-state index contributed by atoms with van der Waals surface area (Å²) in [7, 11) is 0. The Hall–Kier alpha value is -0.610. The summed E-state index contributed by atoms with van der Waals surface area (Å²) >= 11 is 0. The molecule has 0 bridgehead atoms. The summed E-state index contributed by atoms with van der Waals surface area (Å²) in [5, 5.41) is 10.3. The Morgan fingerprint density at radius 1 is 1.00 bits per heavy atom. The summed E-state index contributed by atoms with van der Waals surface area (Å²) in [6.07, 6.45) is 12.3. The van der Waals surface area contributed by atoms with E-state index >= 15 is 0 Å². The van der Waals surface area contributed by atoms with E-state index < -0.39 is 6.29 Å². The number of carbonyl (C=O) groups excluding carboxylic acids is 1. The van der Waals surface area contributed by atoms with Gasteiger partial charge in [0.25, 0.3) is 0 Å². The van der Waals surface area contributed by atoms with Gasteiger partial charge in [-0.2, -0.15) is 0 Å². The van der Waals surface area contributed by atoms with Crippen LogP contribution in [0, 0.1) is 46.3 Å². The SMILES string of the molecule is CCOC(C)OC(=O)CCC(C)C1CCC2C3CCC4CC(O)CCC4(C)C3CCC12C. The number of aliphatic hydroxyl groups is 1. The van der Waals surface area contributed by atoms with Crippen molar-refractivity contribution in [3.63, 3.8) is 0 Å². The molecule has 0 spiro atoms. The van der Waals surface area contributed by atoms with Crippen LogP contribution >= 0.6 is 0 Å². The first-order valence-electron chi connectivity index (χ1n) is 13.7. The van der Waals surface area contributed by atoms with Gasteiger partial charge in [0.15, 0.2) is 6.29 Å². The molecule has 184 valence electrons. The average molecular weight is 449 g/mol. The van der Waals surface area contributed by atoms with Crippen molar-refractivity contribution in [1.29, 1.82) is 0 Å². The molecule has 4 fully saturated rings. The highest BCUT2D eigenvalue weighted by atomic mass is 16.7. The van der Waals surface area contributed by atoms with Crippen LogP contribution in [0.1, 0.15) is 105 Å². The highest BCUT2D eigenvalue weighted by molar-refractivity contribution is 5.69. The number of hydrogen-bond donors (Lipinski definition) is 1. The lowest BCUT2D eigenvalue weighted by Crippen LogP contribution is -2.54. The second-order valence-corrected chi connectivity index (χ2v) is 12.3. The van der Waals surface area contributed by atoms with Crippen LogP contribution in [-0.4, -0.2) is 30.1 Å². The molecule has 0 aromatic carbocycles. The van der Waals surface area contributed by atoms with Crippen molar-refractivity contribution < 1.29 is 19.4 Å². The van der Waals surface area contributed by atoms with Crippen molar-refractivity contribution >= 4 is 5.97 Å². The molecule has 0 saturated heterocycles. The van der Waals surface area contributed by atoms with Gasteiger partial charge in [0, 0.05) is 13.0 Å². The van der Waals surface area contributed by atoms with E-state index in [0.717, 1.165) is 48.9 Å². The van der Waals surface area contributed by atoms with Crippen molar-refractivity contribution in [2.75, 3.05) is 6.61 Å². The van der Waals surface area contributed by atoms with Crippen LogP contribution in [0.25, 0.3) is 0 Å². The van der Waals surface area contributed by atoms with Crippen LogP contribution in [0.3, 0.4) is 0 Å². The minimum Gasteiger partial charge on any atom is -0.436 e. The minimum atomic E-state index is -0.441. The highest BCUT2D eigenvalue weighted by Gasteiger charge is 2.60. The van der Waals surface area contributed by atoms with Crippen LogP contribution in [0.5, 0.6) is 0 Å². The molecule has 4 saturated carbocycles. The Bertz CT molecular complexity index is 664. The first kappa shape index (κ1) is 24.5. The van der Waals surface area contributed by atoms with Crippen molar-refractivity contribution in [2.24, 2.45) is 46.3 Å². The van der Waals surface area contributed by atoms with E-state index in [-0.39, 0.29) is 12.1 Å². The summed E-state index contributed by atoms with van der Waals surface area (Å²) in [5.41, 5.74) is 0.884. The van der Waals surface area contributed by atoms with Gasteiger partial charge in [-0.1, -0.05) is 20.8 Å². The molecule has 0 radical (unpaired) electrons. The molecule has 4 nitrogen and oxygen atoms in total. The molecular formula is C28H48O4. The smallest absolute Gasteiger partial charge is 0.308 e. The Kier molecular flexibility index (Phi) is 7.33. The van der Waals surface area contributed by atoms with Gasteiger partial charge in [-0.15, -0.1) is 0 Å². The van der Waals surface area contributed by atoms with Gasteiger partial charge in [-0.25, -0.2) is 0 Å². The van der Waals surface area contributed by atoms with E-state index in [4.69, 9.17) is 9.47 Å². The number of hydrogen-bond acceptors (Lipinski definition) is 4. The summed E-state index contributed by atoms with van der Waals surface area (Å²) in [4.78, 5) is 12.3.